The second-order valence-electron chi connectivity index (χ2n) is 7.44. The van der Waals surface area contributed by atoms with E-state index in [4.69, 9.17) is 0 Å². The molecule has 0 radical (unpaired) electrons. The number of nitrogens with zero attached hydrogens (tertiary/aromatic N) is 2. The van der Waals surface area contributed by atoms with E-state index in [1.807, 2.05) is 6.07 Å². The lowest BCUT2D eigenvalue weighted by molar-refractivity contribution is -0.137. The third-order valence-electron chi connectivity index (χ3n) is 5.15. The molecule has 2 aromatic carbocycles. The Morgan fingerprint density at radius 3 is 2.37 bits per heavy atom. The number of hydrogen-bond acceptors (Lipinski definition) is 4. The van der Waals surface area contributed by atoms with Gasteiger partial charge in [0.2, 0.25) is 10.0 Å². The van der Waals surface area contributed by atoms with Gasteiger partial charge >= 0.3 is 6.18 Å². The van der Waals surface area contributed by atoms with Crippen LogP contribution < -0.4 is 9.62 Å². The van der Waals surface area contributed by atoms with Crippen molar-refractivity contribution in [2.75, 3.05) is 44.2 Å². The first-order chi connectivity index (χ1) is 14.1. The molecule has 3 rings (SSSR count). The third kappa shape index (κ3) is 5.96. The molecule has 0 saturated carbocycles. The van der Waals surface area contributed by atoms with Gasteiger partial charge in [-0.25, -0.2) is 13.1 Å². The van der Waals surface area contributed by atoms with E-state index >= 15 is 0 Å². The zero-order valence-electron chi connectivity index (χ0n) is 16.8. The highest BCUT2D eigenvalue weighted by molar-refractivity contribution is 7.89. The van der Waals surface area contributed by atoms with Crippen molar-refractivity contribution in [3.8, 4) is 0 Å². The molecule has 0 aromatic heterocycles. The largest absolute Gasteiger partial charge is 0.416 e. The van der Waals surface area contributed by atoms with Crippen LogP contribution in [0.2, 0.25) is 0 Å². The maximum atomic E-state index is 12.8. The molecule has 0 unspecified atom stereocenters. The second-order valence-corrected chi connectivity index (χ2v) is 9.21. The molecule has 5 nitrogen and oxygen atoms in total. The van der Waals surface area contributed by atoms with Gasteiger partial charge in [0.1, 0.15) is 0 Å². The maximum absolute atomic E-state index is 12.8. The Labute approximate surface area is 175 Å². The lowest BCUT2D eigenvalue weighted by Crippen LogP contribution is -2.47. The predicted molar refractivity (Wildman–Crippen MR) is 111 cm³/mol. The van der Waals surface area contributed by atoms with Gasteiger partial charge in [-0.05, 0) is 55.8 Å². The number of hydrogen-bond donors (Lipinski definition) is 1. The summed E-state index contributed by atoms with van der Waals surface area (Å²) in [5.41, 5.74) is 1.46. The molecule has 0 bridgehead atoms. The molecule has 1 N–H and O–H groups in total. The van der Waals surface area contributed by atoms with Crippen LogP contribution in [0.1, 0.15) is 17.5 Å². The Morgan fingerprint density at radius 2 is 1.70 bits per heavy atom. The van der Waals surface area contributed by atoms with Crippen LogP contribution >= 0.6 is 0 Å². The standard InChI is InChI=1S/C21H26F3N3O2S/c1-17-5-2-7-19(15-17)27-13-11-26(12-14-27)10-4-9-25-30(28,29)20-8-3-6-18(16-20)21(22,23)24/h2-3,5-8,15-16,25H,4,9-14H2,1H3. The fraction of sp³-hybridized carbons (Fsp3) is 0.429. The van der Waals surface area contributed by atoms with Gasteiger partial charge in [0, 0.05) is 38.4 Å². The molecule has 1 aliphatic rings. The third-order valence-corrected chi connectivity index (χ3v) is 6.61. The number of piperazine rings is 1. The Morgan fingerprint density at radius 1 is 1.00 bits per heavy atom. The summed E-state index contributed by atoms with van der Waals surface area (Å²) < 4.78 is 65.4. The summed E-state index contributed by atoms with van der Waals surface area (Å²) in [6.45, 7) is 6.55. The first kappa shape index (κ1) is 22.6. The normalized spacial score (nSPS) is 16.1. The van der Waals surface area contributed by atoms with Crippen LogP contribution in [0.3, 0.4) is 0 Å². The van der Waals surface area contributed by atoms with Gasteiger partial charge in [0.25, 0.3) is 0 Å². The van der Waals surface area contributed by atoms with Crippen molar-refractivity contribution in [2.24, 2.45) is 0 Å². The maximum Gasteiger partial charge on any atom is 0.416 e. The number of halogens is 3. The minimum absolute atomic E-state index is 0.177. The molecule has 9 heteroatoms. The highest BCUT2D eigenvalue weighted by Crippen LogP contribution is 2.30. The van der Waals surface area contributed by atoms with Crippen LogP contribution in [-0.4, -0.2) is 52.6 Å². The molecule has 30 heavy (non-hydrogen) atoms. The predicted octanol–water partition coefficient (Wildman–Crippen LogP) is 3.50. The average Bonchev–Trinajstić information content (AvgIpc) is 2.71. The van der Waals surface area contributed by atoms with Crippen LogP contribution in [0.4, 0.5) is 18.9 Å². The summed E-state index contributed by atoms with van der Waals surface area (Å²) in [5.74, 6) is 0. The van der Waals surface area contributed by atoms with Gasteiger partial charge < -0.3 is 4.90 Å². The van der Waals surface area contributed by atoms with Gasteiger partial charge in [-0.2, -0.15) is 13.2 Å². The summed E-state index contributed by atoms with van der Waals surface area (Å²) >= 11 is 0. The number of anilines is 1. The number of rotatable bonds is 7. The van der Waals surface area contributed by atoms with Crippen molar-refractivity contribution in [3.63, 3.8) is 0 Å². The molecular formula is C21H26F3N3O2S. The lowest BCUT2D eigenvalue weighted by Gasteiger charge is -2.36. The molecule has 0 aliphatic carbocycles. The fourth-order valence-electron chi connectivity index (χ4n) is 3.49. The second kappa shape index (κ2) is 9.36. The zero-order valence-corrected chi connectivity index (χ0v) is 17.6. The van der Waals surface area contributed by atoms with E-state index in [1.54, 1.807) is 0 Å². The summed E-state index contributed by atoms with van der Waals surface area (Å²) in [5, 5.41) is 0. The average molecular weight is 442 g/mol. The van der Waals surface area contributed by atoms with Crippen molar-refractivity contribution in [2.45, 2.75) is 24.4 Å². The molecule has 2 aromatic rings. The van der Waals surface area contributed by atoms with Crippen molar-refractivity contribution in [1.82, 2.24) is 9.62 Å². The van der Waals surface area contributed by atoms with E-state index in [2.05, 4.69) is 39.6 Å². The monoisotopic (exact) mass is 441 g/mol. The quantitative estimate of drug-likeness (QED) is 0.669. The number of benzene rings is 2. The minimum Gasteiger partial charge on any atom is -0.369 e. The summed E-state index contributed by atoms with van der Waals surface area (Å²) in [7, 11) is -3.97. The van der Waals surface area contributed by atoms with Gasteiger partial charge in [0.15, 0.2) is 0 Å². The summed E-state index contributed by atoms with van der Waals surface area (Å²) in [6.07, 6.45) is -3.99. The molecule has 1 heterocycles. The Bertz CT molecular complexity index is 956. The van der Waals surface area contributed by atoms with Gasteiger partial charge in [-0.1, -0.05) is 18.2 Å². The first-order valence-corrected chi connectivity index (χ1v) is 11.3. The van der Waals surface area contributed by atoms with E-state index in [0.29, 0.717) is 12.5 Å². The van der Waals surface area contributed by atoms with Gasteiger partial charge in [-0.3, -0.25) is 4.90 Å². The highest BCUT2D eigenvalue weighted by Gasteiger charge is 2.31. The lowest BCUT2D eigenvalue weighted by atomic mass is 10.2. The van der Waals surface area contributed by atoms with Crippen LogP contribution in [-0.2, 0) is 16.2 Å². The minimum atomic E-state index is -4.58. The zero-order chi connectivity index (χ0) is 21.8. The fourth-order valence-corrected chi connectivity index (χ4v) is 4.61. The topological polar surface area (TPSA) is 52.6 Å². The molecule has 0 atom stereocenters. The Hall–Kier alpha value is -2.10. The van der Waals surface area contributed by atoms with Gasteiger partial charge in [0.05, 0.1) is 10.5 Å². The molecule has 0 spiro atoms. The van der Waals surface area contributed by atoms with Crippen LogP contribution in [0.25, 0.3) is 0 Å². The molecule has 1 saturated heterocycles. The van der Waals surface area contributed by atoms with Crippen LogP contribution in [0.15, 0.2) is 53.4 Å². The number of sulfonamides is 1. The smallest absolute Gasteiger partial charge is 0.369 e. The van der Waals surface area contributed by atoms with Crippen molar-refractivity contribution < 1.29 is 21.6 Å². The van der Waals surface area contributed by atoms with E-state index in [1.165, 1.54) is 17.3 Å². The number of alkyl halides is 3. The molecule has 0 amide bonds. The van der Waals surface area contributed by atoms with E-state index in [9.17, 15) is 21.6 Å². The van der Waals surface area contributed by atoms with Crippen molar-refractivity contribution in [3.05, 3.63) is 59.7 Å². The SMILES string of the molecule is Cc1cccc(N2CCN(CCCNS(=O)(=O)c3cccc(C(F)(F)F)c3)CC2)c1. The highest BCUT2D eigenvalue weighted by atomic mass is 32.2. The summed E-state index contributed by atoms with van der Waals surface area (Å²) in [4.78, 5) is 4.23. The first-order valence-electron chi connectivity index (χ1n) is 9.86. The number of aryl methyl sites for hydroxylation is 1. The van der Waals surface area contributed by atoms with Crippen LogP contribution in [0.5, 0.6) is 0 Å². The molecule has 1 aliphatic heterocycles. The number of nitrogens with one attached hydrogen (secondary N) is 1. The van der Waals surface area contributed by atoms with E-state index < -0.39 is 21.8 Å². The van der Waals surface area contributed by atoms with Gasteiger partial charge in [-0.15, -0.1) is 0 Å². The molecule has 1 fully saturated rings. The molecule has 164 valence electrons. The summed E-state index contributed by atoms with van der Waals surface area (Å²) in [6, 6.07) is 12.2. The van der Waals surface area contributed by atoms with E-state index in [0.717, 1.165) is 44.9 Å². The molecular weight excluding hydrogens is 415 g/mol. The van der Waals surface area contributed by atoms with Crippen molar-refractivity contribution >= 4 is 15.7 Å². The van der Waals surface area contributed by atoms with Crippen molar-refractivity contribution in [1.29, 1.82) is 0 Å². The van der Waals surface area contributed by atoms with Crippen LogP contribution in [0, 0.1) is 6.92 Å². The van der Waals surface area contributed by atoms with E-state index in [-0.39, 0.29) is 11.4 Å². The Balaban J connectivity index is 1.44. The Kier molecular flexibility index (Phi) is 7.05.